The van der Waals surface area contributed by atoms with E-state index in [1.807, 2.05) is 0 Å². The Morgan fingerprint density at radius 3 is 2.37 bits per heavy atom. The Morgan fingerprint density at radius 1 is 0.947 bits per heavy atom. The lowest BCUT2D eigenvalue weighted by Crippen LogP contribution is -2.43. The minimum Gasteiger partial charge on any atom is -0.348 e. The molecule has 3 unspecified atom stereocenters. The normalized spacial score (nSPS) is 41.4. The second-order valence-electron chi connectivity index (χ2n) is 7.23. The van der Waals surface area contributed by atoms with Crippen LogP contribution in [-0.4, -0.2) is 31.6 Å². The van der Waals surface area contributed by atoms with Crippen molar-refractivity contribution in [3.63, 3.8) is 0 Å². The smallest absolute Gasteiger partial charge is 0.168 e. The third-order valence-corrected chi connectivity index (χ3v) is 6.11. The van der Waals surface area contributed by atoms with Crippen LogP contribution in [0.3, 0.4) is 0 Å². The zero-order chi connectivity index (χ0) is 12.7. The summed E-state index contributed by atoms with van der Waals surface area (Å²) in [6, 6.07) is 0.706. The highest BCUT2D eigenvalue weighted by atomic mass is 16.7. The monoisotopic (exact) mass is 265 g/mol. The second-order valence-corrected chi connectivity index (χ2v) is 7.23. The lowest BCUT2D eigenvalue weighted by molar-refractivity contribution is -0.179. The molecule has 3 atom stereocenters. The Kier molecular flexibility index (Phi) is 3.33. The van der Waals surface area contributed by atoms with Crippen molar-refractivity contribution in [1.29, 1.82) is 0 Å². The molecule has 3 aliphatic carbocycles. The summed E-state index contributed by atoms with van der Waals surface area (Å²) in [6.07, 6.45) is 10.7. The molecule has 4 rings (SSSR count). The molecule has 1 spiro atoms. The summed E-state index contributed by atoms with van der Waals surface area (Å²) >= 11 is 0. The molecule has 0 aromatic rings. The van der Waals surface area contributed by atoms with Crippen molar-refractivity contribution in [1.82, 2.24) is 5.32 Å². The molecule has 0 radical (unpaired) electrons. The van der Waals surface area contributed by atoms with Gasteiger partial charge < -0.3 is 14.8 Å². The first kappa shape index (κ1) is 12.6. The van der Waals surface area contributed by atoms with Crippen LogP contribution >= 0.6 is 0 Å². The zero-order valence-electron chi connectivity index (χ0n) is 11.9. The predicted molar refractivity (Wildman–Crippen MR) is 73.8 cm³/mol. The van der Waals surface area contributed by atoms with Crippen LogP contribution in [0.15, 0.2) is 0 Å². The molecular formula is C16H27NO2. The molecule has 3 saturated carbocycles. The van der Waals surface area contributed by atoms with Crippen LogP contribution in [0.25, 0.3) is 0 Å². The molecule has 1 N–H and O–H groups in total. The molecule has 1 heterocycles. The highest BCUT2D eigenvalue weighted by molar-refractivity contribution is 4.92. The average Bonchev–Trinajstić information content (AvgIpc) is 3.15. The van der Waals surface area contributed by atoms with Crippen molar-refractivity contribution >= 4 is 0 Å². The lowest BCUT2D eigenvalue weighted by atomic mass is 9.87. The average molecular weight is 265 g/mol. The fraction of sp³-hybridized carbons (Fsp3) is 1.00. The zero-order valence-corrected chi connectivity index (χ0v) is 11.9. The number of fused-ring (bicyclic) bond motifs is 2. The summed E-state index contributed by atoms with van der Waals surface area (Å²) in [6.45, 7) is 2.85. The van der Waals surface area contributed by atoms with E-state index in [2.05, 4.69) is 5.32 Å². The van der Waals surface area contributed by atoms with Crippen LogP contribution in [0.4, 0.5) is 0 Å². The van der Waals surface area contributed by atoms with Crippen molar-refractivity contribution in [2.45, 2.75) is 63.2 Å². The Labute approximate surface area is 116 Å². The SMILES string of the molecule is C1COC2(CCC(NCC3CC4CCC3C4)CC2)O1. The van der Waals surface area contributed by atoms with Gasteiger partial charge in [-0.05, 0) is 56.4 Å². The fourth-order valence-corrected chi connectivity index (χ4v) is 4.99. The molecule has 0 aromatic carbocycles. The van der Waals surface area contributed by atoms with Gasteiger partial charge in [-0.3, -0.25) is 0 Å². The van der Waals surface area contributed by atoms with Crippen molar-refractivity contribution in [2.24, 2.45) is 17.8 Å². The van der Waals surface area contributed by atoms with Gasteiger partial charge in [0.1, 0.15) is 0 Å². The van der Waals surface area contributed by atoms with Gasteiger partial charge in [-0.1, -0.05) is 6.42 Å². The van der Waals surface area contributed by atoms with E-state index in [1.165, 1.54) is 45.1 Å². The lowest BCUT2D eigenvalue weighted by Gasteiger charge is -2.36. The van der Waals surface area contributed by atoms with Crippen LogP contribution in [-0.2, 0) is 9.47 Å². The van der Waals surface area contributed by atoms with E-state index in [0.29, 0.717) is 6.04 Å². The standard InChI is InChI=1S/C16H27NO2/c1-2-13-9-12(1)10-14(13)11-17-15-3-5-16(6-4-15)18-7-8-19-16/h12-15,17H,1-11H2. The van der Waals surface area contributed by atoms with E-state index in [-0.39, 0.29) is 5.79 Å². The van der Waals surface area contributed by atoms with Crippen molar-refractivity contribution in [3.8, 4) is 0 Å². The predicted octanol–water partition coefficient (Wildman–Crippen LogP) is 2.70. The van der Waals surface area contributed by atoms with Crippen molar-refractivity contribution in [2.75, 3.05) is 19.8 Å². The first-order valence-corrected chi connectivity index (χ1v) is 8.34. The number of hydrogen-bond acceptors (Lipinski definition) is 3. The van der Waals surface area contributed by atoms with Crippen LogP contribution in [0.5, 0.6) is 0 Å². The molecule has 1 saturated heterocycles. The first-order chi connectivity index (χ1) is 9.33. The van der Waals surface area contributed by atoms with E-state index in [1.54, 1.807) is 0 Å². The minimum absolute atomic E-state index is 0.190. The number of rotatable bonds is 3. The molecule has 0 aromatic heterocycles. The van der Waals surface area contributed by atoms with Crippen molar-refractivity contribution in [3.05, 3.63) is 0 Å². The highest BCUT2D eigenvalue weighted by Crippen LogP contribution is 2.48. The van der Waals surface area contributed by atoms with Crippen LogP contribution in [0, 0.1) is 17.8 Å². The van der Waals surface area contributed by atoms with Crippen molar-refractivity contribution < 1.29 is 9.47 Å². The second kappa shape index (κ2) is 5.01. The maximum absolute atomic E-state index is 5.80. The summed E-state index contributed by atoms with van der Waals surface area (Å²) in [5.41, 5.74) is 0. The quantitative estimate of drug-likeness (QED) is 0.851. The molecule has 4 fully saturated rings. The summed E-state index contributed by atoms with van der Waals surface area (Å²) in [7, 11) is 0. The summed E-state index contributed by atoms with van der Waals surface area (Å²) in [5.74, 6) is 2.92. The molecule has 108 valence electrons. The Hall–Kier alpha value is -0.120. The van der Waals surface area contributed by atoms with Gasteiger partial charge in [0.25, 0.3) is 0 Å². The third kappa shape index (κ3) is 2.45. The molecule has 3 heteroatoms. The number of nitrogens with one attached hydrogen (secondary N) is 1. The molecular weight excluding hydrogens is 238 g/mol. The summed E-state index contributed by atoms with van der Waals surface area (Å²) < 4.78 is 11.6. The largest absolute Gasteiger partial charge is 0.348 e. The van der Waals surface area contributed by atoms with Gasteiger partial charge in [0.15, 0.2) is 5.79 Å². The van der Waals surface area contributed by atoms with E-state index in [0.717, 1.165) is 43.8 Å². The van der Waals surface area contributed by atoms with Gasteiger partial charge >= 0.3 is 0 Å². The molecule has 1 aliphatic heterocycles. The minimum atomic E-state index is -0.190. The van der Waals surface area contributed by atoms with Gasteiger partial charge in [0.05, 0.1) is 13.2 Å². The highest BCUT2D eigenvalue weighted by Gasteiger charge is 2.42. The number of ether oxygens (including phenoxy) is 2. The van der Waals surface area contributed by atoms with E-state index in [4.69, 9.17) is 9.47 Å². The Morgan fingerprint density at radius 2 is 1.74 bits per heavy atom. The molecule has 2 bridgehead atoms. The fourth-order valence-electron chi connectivity index (χ4n) is 4.99. The summed E-state index contributed by atoms with van der Waals surface area (Å²) in [5, 5.41) is 3.84. The van der Waals surface area contributed by atoms with Crippen LogP contribution in [0.2, 0.25) is 0 Å². The van der Waals surface area contributed by atoms with E-state index >= 15 is 0 Å². The summed E-state index contributed by atoms with van der Waals surface area (Å²) in [4.78, 5) is 0. The van der Waals surface area contributed by atoms with Gasteiger partial charge in [0, 0.05) is 18.9 Å². The molecule has 0 amide bonds. The maximum atomic E-state index is 5.80. The van der Waals surface area contributed by atoms with Gasteiger partial charge in [-0.15, -0.1) is 0 Å². The van der Waals surface area contributed by atoms with Gasteiger partial charge in [-0.25, -0.2) is 0 Å². The molecule has 4 aliphatic rings. The third-order valence-electron chi connectivity index (χ3n) is 6.11. The van der Waals surface area contributed by atoms with Crippen LogP contribution < -0.4 is 5.32 Å². The van der Waals surface area contributed by atoms with Gasteiger partial charge in [-0.2, -0.15) is 0 Å². The number of hydrogen-bond donors (Lipinski definition) is 1. The Bertz CT molecular complexity index is 317. The maximum Gasteiger partial charge on any atom is 0.168 e. The topological polar surface area (TPSA) is 30.5 Å². The van der Waals surface area contributed by atoms with E-state index < -0.39 is 0 Å². The van der Waals surface area contributed by atoms with Gasteiger partial charge in [0.2, 0.25) is 0 Å². The van der Waals surface area contributed by atoms with Crippen LogP contribution in [0.1, 0.15) is 51.4 Å². The molecule has 3 nitrogen and oxygen atoms in total. The molecule has 19 heavy (non-hydrogen) atoms. The Balaban J connectivity index is 1.22. The van der Waals surface area contributed by atoms with E-state index in [9.17, 15) is 0 Å². The first-order valence-electron chi connectivity index (χ1n) is 8.34.